The SMILES string of the molecule is CCOC1=NC(C)(CC(=O)OC)c2cc([N+](=O)[O-])ccc21. The van der Waals surface area contributed by atoms with Gasteiger partial charge in [-0.05, 0) is 25.5 Å². The molecule has 0 saturated carbocycles. The Hall–Kier alpha value is -2.44. The monoisotopic (exact) mass is 292 g/mol. The summed E-state index contributed by atoms with van der Waals surface area (Å²) >= 11 is 0. The van der Waals surface area contributed by atoms with Crippen LogP contribution >= 0.6 is 0 Å². The maximum Gasteiger partial charge on any atom is 0.308 e. The minimum Gasteiger partial charge on any atom is -0.478 e. The Bertz CT molecular complexity index is 626. The van der Waals surface area contributed by atoms with Crippen LogP contribution in [-0.2, 0) is 19.8 Å². The average molecular weight is 292 g/mol. The smallest absolute Gasteiger partial charge is 0.308 e. The summed E-state index contributed by atoms with van der Waals surface area (Å²) in [4.78, 5) is 26.5. The number of rotatable bonds is 4. The number of nitro benzene ring substituents is 1. The Kier molecular flexibility index (Phi) is 3.93. The van der Waals surface area contributed by atoms with E-state index in [1.54, 1.807) is 13.0 Å². The Morgan fingerprint density at radius 2 is 2.19 bits per heavy atom. The second-order valence-electron chi connectivity index (χ2n) is 4.86. The molecule has 21 heavy (non-hydrogen) atoms. The molecule has 1 aliphatic heterocycles. The molecule has 0 N–H and O–H groups in total. The number of methoxy groups -OCH3 is 1. The molecule has 0 fully saturated rings. The molecule has 7 nitrogen and oxygen atoms in total. The van der Waals surface area contributed by atoms with Crippen LogP contribution in [0.1, 0.15) is 31.4 Å². The molecule has 0 aliphatic carbocycles. The second-order valence-corrected chi connectivity index (χ2v) is 4.86. The maximum atomic E-state index is 11.6. The molecule has 1 heterocycles. The van der Waals surface area contributed by atoms with E-state index in [9.17, 15) is 14.9 Å². The van der Waals surface area contributed by atoms with E-state index in [-0.39, 0.29) is 12.1 Å². The summed E-state index contributed by atoms with van der Waals surface area (Å²) in [7, 11) is 1.29. The van der Waals surface area contributed by atoms with Gasteiger partial charge in [0.05, 0.1) is 30.6 Å². The van der Waals surface area contributed by atoms with E-state index >= 15 is 0 Å². The number of esters is 1. The fourth-order valence-electron chi connectivity index (χ4n) is 2.36. The summed E-state index contributed by atoms with van der Waals surface area (Å²) in [5.41, 5.74) is 0.316. The number of fused-ring (bicyclic) bond motifs is 1. The number of carbonyl (C=O) groups is 1. The van der Waals surface area contributed by atoms with E-state index in [4.69, 9.17) is 4.74 Å². The van der Waals surface area contributed by atoms with Crippen molar-refractivity contribution in [1.29, 1.82) is 0 Å². The standard InChI is InChI=1S/C14H16N2O5/c1-4-21-13-10-6-5-9(16(18)19)7-11(10)14(2,15-13)8-12(17)20-3/h5-7H,4,8H2,1-3H3. The molecule has 0 saturated heterocycles. The maximum absolute atomic E-state index is 11.6. The Morgan fingerprint density at radius 3 is 2.76 bits per heavy atom. The van der Waals surface area contributed by atoms with Crippen molar-refractivity contribution in [1.82, 2.24) is 0 Å². The first-order valence-corrected chi connectivity index (χ1v) is 6.50. The number of nitrogens with zero attached hydrogens (tertiary/aromatic N) is 2. The van der Waals surface area contributed by atoms with Crippen LogP contribution in [0.15, 0.2) is 23.2 Å². The lowest BCUT2D eigenvalue weighted by Gasteiger charge is -2.20. The van der Waals surface area contributed by atoms with E-state index < -0.39 is 16.4 Å². The van der Waals surface area contributed by atoms with Crippen molar-refractivity contribution in [2.75, 3.05) is 13.7 Å². The van der Waals surface area contributed by atoms with Crippen molar-refractivity contribution < 1.29 is 19.2 Å². The predicted molar refractivity (Wildman–Crippen MR) is 75.2 cm³/mol. The highest BCUT2D eigenvalue weighted by atomic mass is 16.6. The molecule has 0 amide bonds. The number of carbonyl (C=O) groups excluding carboxylic acids is 1. The molecule has 2 rings (SSSR count). The minimum atomic E-state index is -0.918. The van der Waals surface area contributed by atoms with Crippen LogP contribution in [0.3, 0.4) is 0 Å². The van der Waals surface area contributed by atoms with Crippen LogP contribution in [0.4, 0.5) is 5.69 Å². The molecule has 7 heteroatoms. The first kappa shape index (κ1) is 15.0. The lowest BCUT2D eigenvalue weighted by atomic mass is 9.88. The Morgan fingerprint density at radius 1 is 1.48 bits per heavy atom. The summed E-state index contributed by atoms with van der Waals surface area (Å²) in [5, 5.41) is 10.9. The van der Waals surface area contributed by atoms with Gasteiger partial charge in [0.1, 0.15) is 0 Å². The van der Waals surface area contributed by atoms with E-state index in [2.05, 4.69) is 9.73 Å². The highest BCUT2D eigenvalue weighted by molar-refractivity contribution is 5.99. The largest absolute Gasteiger partial charge is 0.478 e. The third-order valence-electron chi connectivity index (χ3n) is 3.37. The average Bonchev–Trinajstić information content (AvgIpc) is 2.71. The Labute approximate surface area is 121 Å². The highest BCUT2D eigenvalue weighted by Gasteiger charge is 2.40. The van der Waals surface area contributed by atoms with Crippen LogP contribution < -0.4 is 0 Å². The van der Waals surface area contributed by atoms with Gasteiger partial charge in [-0.15, -0.1) is 0 Å². The van der Waals surface area contributed by atoms with Crippen molar-refractivity contribution in [3.8, 4) is 0 Å². The van der Waals surface area contributed by atoms with E-state index in [1.165, 1.54) is 19.2 Å². The Balaban J connectivity index is 2.51. The van der Waals surface area contributed by atoms with Gasteiger partial charge < -0.3 is 9.47 Å². The van der Waals surface area contributed by atoms with Gasteiger partial charge in [0, 0.05) is 17.7 Å². The fraction of sp³-hybridized carbons (Fsp3) is 0.429. The van der Waals surface area contributed by atoms with Gasteiger partial charge in [0.2, 0.25) is 5.90 Å². The lowest BCUT2D eigenvalue weighted by molar-refractivity contribution is -0.385. The first-order chi connectivity index (χ1) is 9.91. The van der Waals surface area contributed by atoms with Crippen molar-refractivity contribution in [3.05, 3.63) is 39.4 Å². The summed E-state index contributed by atoms with van der Waals surface area (Å²) < 4.78 is 10.2. The van der Waals surface area contributed by atoms with Crippen LogP contribution in [0.5, 0.6) is 0 Å². The molecule has 1 aromatic carbocycles. The van der Waals surface area contributed by atoms with Gasteiger partial charge in [-0.25, -0.2) is 4.99 Å². The summed E-state index contributed by atoms with van der Waals surface area (Å²) in [5.74, 6) is -0.0368. The number of hydrogen-bond acceptors (Lipinski definition) is 6. The molecule has 1 atom stereocenters. The van der Waals surface area contributed by atoms with Gasteiger partial charge in [-0.2, -0.15) is 0 Å². The molecule has 1 unspecified atom stereocenters. The van der Waals surface area contributed by atoms with Gasteiger partial charge in [0.25, 0.3) is 5.69 Å². The molecule has 0 radical (unpaired) electrons. The topological polar surface area (TPSA) is 91.0 Å². The molecule has 0 aromatic heterocycles. The third kappa shape index (κ3) is 2.72. The normalized spacial score (nSPS) is 19.7. The van der Waals surface area contributed by atoms with Crippen LogP contribution in [0.2, 0.25) is 0 Å². The highest BCUT2D eigenvalue weighted by Crippen LogP contribution is 2.40. The molecule has 112 valence electrons. The van der Waals surface area contributed by atoms with E-state index in [1.807, 2.05) is 6.92 Å². The van der Waals surface area contributed by atoms with Gasteiger partial charge in [0.15, 0.2) is 0 Å². The van der Waals surface area contributed by atoms with Crippen molar-refractivity contribution >= 4 is 17.6 Å². The fourth-order valence-corrected chi connectivity index (χ4v) is 2.36. The molecular weight excluding hydrogens is 276 g/mol. The zero-order valence-electron chi connectivity index (χ0n) is 12.1. The molecule has 0 spiro atoms. The van der Waals surface area contributed by atoms with Gasteiger partial charge >= 0.3 is 5.97 Å². The zero-order valence-corrected chi connectivity index (χ0v) is 12.1. The number of ether oxygens (including phenoxy) is 2. The second kappa shape index (κ2) is 5.51. The van der Waals surface area contributed by atoms with Crippen LogP contribution in [0, 0.1) is 10.1 Å². The van der Waals surface area contributed by atoms with Crippen molar-refractivity contribution in [2.24, 2.45) is 4.99 Å². The summed E-state index contributed by atoms with van der Waals surface area (Å²) in [6, 6.07) is 4.44. The van der Waals surface area contributed by atoms with Gasteiger partial charge in [-0.1, -0.05) is 0 Å². The van der Waals surface area contributed by atoms with Crippen molar-refractivity contribution in [2.45, 2.75) is 25.8 Å². The lowest BCUT2D eigenvalue weighted by Crippen LogP contribution is -2.22. The van der Waals surface area contributed by atoms with Crippen molar-refractivity contribution in [3.63, 3.8) is 0 Å². The summed E-state index contributed by atoms with van der Waals surface area (Å²) in [6.07, 6.45) is -0.00571. The molecule has 1 aromatic rings. The molecule has 1 aliphatic rings. The quantitative estimate of drug-likeness (QED) is 0.482. The number of non-ortho nitro benzene ring substituents is 1. The zero-order chi connectivity index (χ0) is 15.6. The molecule has 0 bridgehead atoms. The van der Waals surface area contributed by atoms with Crippen LogP contribution in [-0.4, -0.2) is 30.5 Å². The number of aliphatic imine (C=N–C) groups is 1. The molecular formula is C14H16N2O5. The number of hydrogen-bond donors (Lipinski definition) is 0. The minimum absolute atomic E-state index is 0.00571. The summed E-state index contributed by atoms with van der Waals surface area (Å²) in [6.45, 7) is 3.98. The number of benzene rings is 1. The third-order valence-corrected chi connectivity index (χ3v) is 3.37. The predicted octanol–water partition coefficient (Wildman–Crippen LogP) is 2.17. The first-order valence-electron chi connectivity index (χ1n) is 6.50. The number of nitro groups is 1. The van der Waals surface area contributed by atoms with E-state index in [0.29, 0.717) is 23.6 Å². The van der Waals surface area contributed by atoms with Gasteiger partial charge in [-0.3, -0.25) is 14.9 Å². The van der Waals surface area contributed by atoms with E-state index in [0.717, 1.165) is 0 Å². The van der Waals surface area contributed by atoms with Crippen LogP contribution in [0.25, 0.3) is 0 Å².